The largest absolute Gasteiger partial charge is 0.469 e. The molecule has 122 valence electrons. The minimum absolute atomic E-state index is 0.0641. The Balaban J connectivity index is 2.92. The lowest BCUT2D eigenvalue weighted by Gasteiger charge is -2.44. The monoisotopic (exact) mass is 314 g/mol. The lowest BCUT2D eigenvalue weighted by Crippen LogP contribution is -2.51. The molecule has 0 radical (unpaired) electrons. The van der Waals surface area contributed by atoms with Crippen molar-refractivity contribution in [1.29, 1.82) is 0 Å². The van der Waals surface area contributed by atoms with E-state index < -0.39 is 14.4 Å². The molecule has 1 aliphatic carbocycles. The van der Waals surface area contributed by atoms with Crippen molar-refractivity contribution in [2.45, 2.75) is 64.0 Å². The van der Waals surface area contributed by atoms with Gasteiger partial charge in [-0.1, -0.05) is 26.8 Å². The molecule has 4 nitrogen and oxygen atoms in total. The van der Waals surface area contributed by atoms with Crippen molar-refractivity contribution in [3.8, 4) is 0 Å². The molecular weight excluding hydrogens is 284 g/mol. The molecule has 1 rings (SSSR count). The molecule has 0 bridgehead atoms. The van der Waals surface area contributed by atoms with Crippen LogP contribution in [0.1, 0.15) is 33.6 Å². The van der Waals surface area contributed by atoms with E-state index in [9.17, 15) is 9.90 Å². The van der Waals surface area contributed by atoms with Crippen molar-refractivity contribution in [2.24, 2.45) is 11.8 Å². The van der Waals surface area contributed by atoms with E-state index in [0.717, 1.165) is 0 Å². The van der Waals surface area contributed by atoms with Crippen LogP contribution in [-0.4, -0.2) is 38.7 Å². The molecule has 0 aromatic rings. The van der Waals surface area contributed by atoms with Crippen LogP contribution in [0, 0.1) is 11.8 Å². The van der Waals surface area contributed by atoms with E-state index in [0.29, 0.717) is 12.8 Å². The summed E-state index contributed by atoms with van der Waals surface area (Å²) in [6, 6.07) is 0. The summed E-state index contributed by atoms with van der Waals surface area (Å²) in [4.78, 5) is 11.9. The summed E-state index contributed by atoms with van der Waals surface area (Å²) in [7, 11) is -0.595. The fraction of sp³-hybridized carbons (Fsp3) is 0.812. The van der Waals surface area contributed by atoms with E-state index in [2.05, 4.69) is 40.4 Å². The van der Waals surface area contributed by atoms with Gasteiger partial charge >= 0.3 is 5.97 Å². The van der Waals surface area contributed by atoms with Crippen molar-refractivity contribution >= 4 is 14.3 Å². The minimum Gasteiger partial charge on any atom is -0.469 e. The number of hydrogen-bond acceptors (Lipinski definition) is 4. The Morgan fingerprint density at radius 3 is 2.33 bits per heavy atom. The highest BCUT2D eigenvalue weighted by molar-refractivity contribution is 6.74. The summed E-state index contributed by atoms with van der Waals surface area (Å²) in [5.74, 6) is -0.577. The molecule has 21 heavy (non-hydrogen) atoms. The summed E-state index contributed by atoms with van der Waals surface area (Å²) in [5, 5.41) is 10.6. The Morgan fingerprint density at radius 2 is 1.90 bits per heavy atom. The quantitative estimate of drug-likeness (QED) is 0.492. The molecule has 1 aliphatic rings. The van der Waals surface area contributed by atoms with Crippen LogP contribution >= 0.6 is 0 Å². The first-order valence-electron chi connectivity index (χ1n) is 7.59. The number of aliphatic hydroxyl groups is 1. The number of hydrogen-bond donors (Lipinski definition) is 1. The van der Waals surface area contributed by atoms with Crippen LogP contribution in [0.25, 0.3) is 0 Å². The number of esters is 1. The molecule has 1 N–H and O–H groups in total. The highest BCUT2D eigenvalue weighted by atomic mass is 28.4. The molecule has 0 aromatic heterocycles. The van der Waals surface area contributed by atoms with Gasteiger partial charge in [0.15, 0.2) is 8.32 Å². The number of ether oxygens (including phenoxy) is 1. The summed E-state index contributed by atoms with van der Waals surface area (Å²) in [6.45, 7) is 14.6. The van der Waals surface area contributed by atoms with Gasteiger partial charge in [0.2, 0.25) is 0 Å². The Bertz CT molecular complexity index is 386. The lowest BCUT2D eigenvalue weighted by molar-refractivity contribution is -0.151. The number of methoxy groups -OCH3 is 1. The third kappa shape index (κ3) is 4.17. The van der Waals surface area contributed by atoms with E-state index in [1.54, 1.807) is 6.08 Å². The van der Waals surface area contributed by atoms with Gasteiger partial charge in [-0.2, -0.15) is 0 Å². The Hall–Kier alpha value is -0.653. The molecule has 0 aromatic carbocycles. The normalized spacial score (nSPS) is 30.8. The van der Waals surface area contributed by atoms with Gasteiger partial charge in [-0.25, -0.2) is 0 Å². The fourth-order valence-corrected chi connectivity index (χ4v) is 3.87. The maximum atomic E-state index is 11.9. The predicted molar refractivity (Wildman–Crippen MR) is 86.5 cm³/mol. The Labute approximate surface area is 129 Å². The summed E-state index contributed by atoms with van der Waals surface area (Å²) < 4.78 is 11.2. The van der Waals surface area contributed by atoms with Gasteiger partial charge in [0.05, 0.1) is 25.2 Å². The highest BCUT2D eigenvalue weighted by Gasteiger charge is 2.45. The average molecular weight is 314 g/mol. The highest BCUT2D eigenvalue weighted by Crippen LogP contribution is 2.41. The molecule has 0 spiro atoms. The molecule has 0 heterocycles. The zero-order valence-corrected chi connectivity index (χ0v) is 15.2. The molecule has 4 atom stereocenters. The van der Waals surface area contributed by atoms with Gasteiger partial charge in [-0.15, -0.1) is 6.58 Å². The van der Waals surface area contributed by atoms with E-state index in [4.69, 9.17) is 9.16 Å². The van der Waals surface area contributed by atoms with Crippen molar-refractivity contribution in [1.82, 2.24) is 0 Å². The predicted octanol–water partition coefficient (Wildman–Crippen LogP) is 3.12. The second-order valence-corrected chi connectivity index (χ2v) is 12.3. The van der Waals surface area contributed by atoms with Crippen LogP contribution in [0.5, 0.6) is 0 Å². The lowest BCUT2D eigenvalue weighted by atomic mass is 9.78. The zero-order chi connectivity index (χ0) is 16.4. The summed E-state index contributed by atoms with van der Waals surface area (Å²) >= 11 is 0. The average Bonchev–Trinajstić information content (AvgIpc) is 2.38. The van der Waals surface area contributed by atoms with Crippen molar-refractivity contribution < 1.29 is 19.1 Å². The fourth-order valence-electron chi connectivity index (χ4n) is 2.53. The van der Waals surface area contributed by atoms with Crippen LogP contribution in [0.2, 0.25) is 18.1 Å². The van der Waals surface area contributed by atoms with Crippen LogP contribution in [0.3, 0.4) is 0 Å². The molecule has 0 aliphatic heterocycles. The first-order valence-corrected chi connectivity index (χ1v) is 10.5. The number of carbonyl (C=O) groups excluding carboxylic acids is 1. The molecular formula is C16H30O4Si. The van der Waals surface area contributed by atoms with Crippen LogP contribution in [0.4, 0.5) is 0 Å². The van der Waals surface area contributed by atoms with Crippen molar-refractivity contribution in [3.63, 3.8) is 0 Å². The Kier molecular flexibility index (Phi) is 5.81. The van der Waals surface area contributed by atoms with Gasteiger partial charge in [0, 0.05) is 5.92 Å². The van der Waals surface area contributed by atoms with E-state index in [1.165, 1.54) is 7.11 Å². The third-order valence-corrected chi connectivity index (χ3v) is 9.49. The first kappa shape index (κ1) is 18.4. The second-order valence-electron chi connectivity index (χ2n) is 7.50. The molecule has 1 saturated carbocycles. The standard InChI is InChI=1S/C16H30O4Si/c1-8-11-9-12(15(18)19-5)10-13(14(11)17)20-21(6,7)16(2,3)4/h8,11-14,17H,1,9-10H2,2-7H3. The first-order chi connectivity index (χ1) is 9.53. The number of aliphatic hydroxyl groups excluding tert-OH is 1. The van der Waals surface area contributed by atoms with Crippen molar-refractivity contribution in [3.05, 3.63) is 12.7 Å². The molecule has 0 amide bonds. The van der Waals surface area contributed by atoms with Crippen LogP contribution in [-0.2, 0) is 14.0 Å². The van der Waals surface area contributed by atoms with Gasteiger partial charge in [0.25, 0.3) is 0 Å². The SMILES string of the molecule is C=CC1CC(C(=O)OC)CC(O[Si](C)(C)C(C)(C)C)C1O. The smallest absolute Gasteiger partial charge is 0.308 e. The van der Waals surface area contributed by atoms with Crippen molar-refractivity contribution in [2.75, 3.05) is 7.11 Å². The third-order valence-electron chi connectivity index (χ3n) is 4.98. The molecule has 4 unspecified atom stereocenters. The van der Waals surface area contributed by atoms with Gasteiger partial charge < -0.3 is 14.3 Å². The molecule has 0 saturated heterocycles. The van der Waals surface area contributed by atoms with E-state index in [1.807, 2.05) is 0 Å². The van der Waals surface area contributed by atoms with Gasteiger partial charge in [0.1, 0.15) is 0 Å². The maximum Gasteiger partial charge on any atom is 0.308 e. The molecule has 1 fully saturated rings. The summed E-state index contributed by atoms with van der Waals surface area (Å²) in [5.41, 5.74) is 0. The Morgan fingerprint density at radius 1 is 1.33 bits per heavy atom. The van der Waals surface area contributed by atoms with Gasteiger partial charge in [-0.3, -0.25) is 4.79 Å². The van der Waals surface area contributed by atoms with Gasteiger partial charge in [-0.05, 0) is 31.0 Å². The van der Waals surface area contributed by atoms with E-state index in [-0.39, 0.29) is 28.9 Å². The second kappa shape index (κ2) is 6.63. The topological polar surface area (TPSA) is 55.8 Å². The number of carbonyl (C=O) groups is 1. The minimum atomic E-state index is -2.00. The zero-order valence-electron chi connectivity index (χ0n) is 14.2. The maximum absolute atomic E-state index is 11.9. The van der Waals surface area contributed by atoms with Crippen LogP contribution < -0.4 is 0 Å². The summed E-state index contributed by atoms with van der Waals surface area (Å²) in [6.07, 6.45) is 1.89. The van der Waals surface area contributed by atoms with Crippen LogP contribution in [0.15, 0.2) is 12.7 Å². The molecule has 5 heteroatoms. The van der Waals surface area contributed by atoms with E-state index >= 15 is 0 Å². The number of rotatable bonds is 4.